The number of hydrogen-bond donors (Lipinski definition) is 3. The number of halogens is 1. The first-order valence-electron chi connectivity index (χ1n) is 11.2. The Balaban J connectivity index is 1.57. The van der Waals surface area contributed by atoms with Gasteiger partial charge in [0, 0.05) is 27.9 Å². The number of anilines is 1. The quantitative estimate of drug-likeness (QED) is 0.162. The topological polar surface area (TPSA) is 83.2 Å². The Hall–Kier alpha value is -1.87. The van der Waals surface area contributed by atoms with Gasteiger partial charge in [-0.15, -0.1) is 0 Å². The van der Waals surface area contributed by atoms with E-state index in [-0.39, 0.29) is 17.9 Å². The number of carbonyl (C=O) groups excluding carboxylic acids is 2. The number of H-pyrrole nitrogens is 1. The molecule has 0 bridgehead atoms. The molecule has 0 saturated heterocycles. The minimum absolute atomic E-state index is 0.0396. The van der Waals surface area contributed by atoms with Crippen molar-refractivity contribution < 1.29 is 14.3 Å². The van der Waals surface area contributed by atoms with Gasteiger partial charge in [-0.3, -0.25) is 14.9 Å². The van der Waals surface area contributed by atoms with Crippen LogP contribution in [-0.2, 0) is 6.42 Å². The smallest absolute Gasteiger partial charge is 0.257 e. The number of aromatic amines is 1. The highest BCUT2D eigenvalue weighted by molar-refractivity contribution is 14.1. The Morgan fingerprint density at radius 3 is 2.61 bits per heavy atom. The van der Waals surface area contributed by atoms with Gasteiger partial charge >= 0.3 is 0 Å². The van der Waals surface area contributed by atoms with Gasteiger partial charge in [-0.2, -0.15) is 0 Å². The first-order valence-corrected chi connectivity index (χ1v) is 12.4. The van der Waals surface area contributed by atoms with E-state index in [1.54, 1.807) is 6.20 Å². The molecule has 1 aliphatic carbocycles. The summed E-state index contributed by atoms with van der Waals surface area (Å²) in [6.07, 6.45) is 7.91. The van der Waals surface area contributed by atoms with Gasteiger partial charge in [0.25, 0.3) is 5.91 Å². The van der Waals surface area contributed by atoms with E-state index in [4.69, 9.17) is 4.74 Å². The summed E-state index contributed by atoms with van der Waals surface area (Å²) in [6, 6.07) is 7.36. The average molecular weight is 537 g/mol. The molecule has 1 aromatic carbocycles. The number of aryl methyl sites for hydroxylation is 1. The lowest BCUT2D eigenvalue weighted by Gasteiger charge is -2.20. The third kappa shape index (κ3) is 6.55. The molecule has 0 fully saturated rings. The minimum atomic E-state index is -0.265. The van der Waals surface area contributed by atoms with Crippen molar-refractivity contribution in [3.05, 3.63) is 47.3 Å². The van der Waals surface area contributed by atoms with Gasteiger partial charge in [-0.1, -0.05) is 36.4 Å². The van der Waals surface area contributed by atoms with Crippen LogP contribution >= 0.6 is 22.6 Å². The molecular formula is C24H32IN3O3. The van der Waals surface area contributed by atoms with Crippen LogP contribution in [0.25, 0.3) is 0 Å². The molecule has 7 heteroatoms. The highest BCUT2D eigenvalue weighted by Gasteiger charge is 2.24. The number of nitrogens with one attached hydrogen (secondary N) is 3. The molecule has 3 N–H and O–H groups in total. The predicted molar refractivity (Wildman–Crippen MR) is 132 cm³/mol. The zero-order valence-corrected chi connectivity index (χ0v) is 20.5. The van der Waals surface area contributed by atoms with E-state index in [2.05, 4.69) is 52.1 Å². The normalized spacial score (nSPS) is 15.6. The fraction of sp³-hybridized carbons (Fsp3) is 0.500. The molecule has 31 heavy (non-hydrogen) atoms. The maximum absolute atomic E-state index is 12.8. The van der Waals surface area contributed by atoms with Crippen LogP contribution in [-0.4, -0.2) is 33.4 Å². The number of aromatic nitrogens is 1. The molecule has 2 atom stereocenters. The Bertz CT molecular complexity index is 879. The highest BCUT2D eigenvalue weighted by Crippen LogP contribution is 2.25. The van der Waals surface area contributed by atoms with Crippen molar-refractivity contribution in [2.45, 2.75) is 68.9 Å². The maximum atomic E-state index is 12.8. The monoisotopic (exact) mass is 537 g/mol. The molecule has 2 aromatic rings. The minimum Gasteiger partial charge on any atom is -0.475 e. The summed E-state index contributed by atoms with van der Waals surface area (Å²) in [5.74, 6) is 0.539. The predicted octanol–water partition coefficient (Wildman–Crippen LogP) is 5.48. The molecule has 6 nitrogen and oxygen atoms in total. The number of ether oxygens (including phenoxy) is 1. The lowest BCUT2D eigenvalue weighted by molar-refractivity contribution is 0.0965. The van der Waals surface area contributed by atoms with Gasteiger partial charge < -0.3 is 15.0 Å². The van der Waals surface area contributed by atoms with Crippen LogP contribution in [0, 0.1) is 0 Å². The van der Waals surface area contributed by atoms with Crippen LogP contribution in [0.15, 0.2) is 30.5 Å². The van der Waals surface area contributed by atoms with Crippen LogP contribution in [0.5, 0.6) is 5.75 Å². The largest absolute Gasteiger partial charge is 0.475 e. The molecule has 0 saturated carbocycles. The second-order valence-corrected chi connectivity index (χ2v) is 9.69. The number of ketones is 1. The van der Waals surface area contributed by atoms with Gasteiger partial charge in [0.1, 0.15) is 12.0 Å². The van der Waals surface area contributed by atoms with E-state index in [1.807, 2.05) is 24.3 Å². The van der Waals surface area contributed by atoms with Crippen LogP contribution in [0.3, 0.4) is 0 Å². The summed E-state index contributed by atoms with van der Waals surface area (Å²) in [4.78, 5) is 28.3. The fourth-order valence-corrected chi connectivity index (χ4v) is 4.04. The van der Waals surface area contributed by atoms with E-state index in [0.29, 0.717) is 27.2 Å². The number of benzene rings is 1. The SMILES string of the molecule is CCC(I)CCNC(CC)Oc1ccc(NC(=O)c2c[nH]c3c2C(=O)CCCC3)cc1. The van der Waals surface area contributed by atoms with E-state index in [0.717, 1.165) is 50.1 Å². The first-order chi connectivity index (χ1) is 15.0. The highest BCUT2D eigenvalue weighted by atomic mass is 127. The van der Waals surface area contributed by atoms with Crippen LogP contribution in [0.2, 0.25) is 0 Å². The molecule has 168 valence electrons. The second kappa shape index (κ2) is 11.7. The van der Waals surface area contributed by atoms with Crippen molar-refractivity contribution in [3.63, 3.8) is 0 Å². The van der Waals surface area contributed by atoms with Crippen molar-refractivity contribution in [2.24, 2.45) is 0 Å². The standard InChI is InChI=1S/C24H32IN3O3/c1-3-16(25)13-14-26-22(4-2)31-18-11-9-17(10-12-18)28-24(30)19-15-27-20-7-5-6-8-21(29)23(19)20/h9-12,15-16,22,26-27H,3-8,13-14H2,1-2H3,(H,28,30). The van der Waals surface area contributed by atoms with Crippen molar-refractivity contribution in [1.82, 2.24) is 10.3 Å². The molecule has 1 aromatic heterocycles. The summed E-state index contributed by atoms with van der Waals surface area (Å²) in [6.45, 7) is 5.22. The number of alkyl halides is 1. The van der Waals surface area contributed by atoms with Crippen LogP contribution < -0.4 is 15.4 Å². The molecule has 2 unspecified atom stereocenters. The Kier molecular flexibility index (Phi) is 8.95. The Labute approximate surface area is 198 Å². The molecular weight excluding hydrogens is 505 g/mol. The van der Waals surface area contributed by atoms with Gasteiger partial charge in [0.15, 0.2) is 5.78 Å². The van der Waals surface area contributed by atoms with Crippen molar-refractivity contribution in [1.29, 1.82) is 0 Å². The lowest BCUT2D eigenvalue weighted by atomic mass is 10.0. The molecule has 1 heterocycles. The summed E-state index contributed by atoms with van der Waals surface area (Å²) >= 11 is 2.48. The van der Waals surface area contributed by atoms with Gasteiger partial charge in [-0.05, 0) is 69.3 Å². The molecule has 3 rings (SSSR count). The van der Waals surface area contributed by atoms with Gasteiger partial charge in [0.2, 0.25) is 0 Å². The van der Waals surface area contributed by atoms with E-state index in [9.17, 15) is 9.59 Å². The van der Waals surface area contributed by atoms with Crippen LogP contribution in [0.1, 0.15) is 78.8 Å². The van der Waals surface area contributed by atoms with Crippen molar-refractivity contribution >= 4 is 40.0 Å². The molecule has 0 radical (unpaired) electrons. The molecule has 0 spiro atoms. The second-order valence-electron chi connectivity index (χ2n) is 7.93. The number of Topliss-reactive ketones (excluding diaryl/α,β-unsaturated/α-hetero) is 1. The van der Waals surface area contributed by atoms with E-state index in [1.165, 1.54) is 6.42 Å². The summed E-state index contributed by atoms with van der Waals surface area (Å²) in [5, 5.41) is 6.35. The van der Waals surface area contributed by atoms with E-state index < -0.39 is 0 Å². The van der Waals surface area contributed by atoms with E-state index >= 15 is 0 Å². The lowest BCUT2D eigenvalue weighted by Crippen LogP contribution is -2.35. The molecule has 0 aliphatic heterocycles. The Morgan fingerprint density at radius 1 is 1.16 bits per heavy atom. The summed E-state index contributed by atoms with van der Waals surface area (Å²) in [5.41, 5.74) is 2.54. The molecule has 1 amide bonds. The number of fused-ring (bicyclic) bond motifs is 1. The van der Waals surface area contributed by atoms with Crippen LogP contribution in [0.4, 0.5) is 5.69 Å². The van der Waals surface area contributed by atoms with Crippen molar-refractivity contribution in [3.8, 4) is 5.75 Å². The fourth-order valence-electron chi connectivity index (χ4n) is 3.73. The number of rotatable bonds is 10. The van der Waals surface area contributed by atoms with Gasteiger partial charge in [-0.25, -0.2) is 0 Å². The third-order valence-electron chi connectivity index (χ3n) is 5.60. The van der Waals surface area contributed by atoms with Crippen molar-refractivity contribution in [2.75, 3.05) is 11.9 Å². The number of carbonyl (C=O) groups is 2. The zero-order valence-electron chi connectivity index (χ0n) is 18.3. The first kappa shape index (κ1) is 23.8. The number of hydrogen-bond acceptors (Lipinski definition) is 4. The number of amides is 1. The summed E-state index contributed by atoms with van der Waals surface area (Å²) < 4.78 is 6.71. The molecule has 1 aliphatic rings. The van der Waals surface area contributed by atoms with Gasteiger partial charge in [0.05, 0.1) is 11.1 Å². The average Bonchev–Trinajstić information content (AvgIpc) is 3.12. The third-order valence-corrected chi connectivity index (χ3v) is 7.10. The maximum Gasteiger partial charge on any atom is 0.257 e. The zero-order chi connectivity index (χ0) is 22.2. The Morgan fingerprint density at radius 2 is 1.90 bits per heavy atom. The summed E-state index contributed by atoms with van der Waals surface area (Å²) in [7, 11) is 0.